The Balaban J connectivity index is 1.93. The summed E-state index contributed by atoms with van der Waals surface area (Å²) in [5.74, 6) is 1.31. The van der Waals surface area contributed by atoms with Gasteiger partial charge in [-0.25, -0.2) is 9.97 Å². The minimum atomic E-state index is 0.307. The summed E-state index contributed by atoms with van der Waals surface area (Å²) in [7, 11) is 0. The monoisotopic (exact) mass is 253 g/mol. The van der Waals surface area contributed by atoms with Crippen molar-refractivity contribution in [2.75, 3.05) is 5.32 Å². The fraction of sp³-hybridized carbons (Fsp3) is 0.375. The maximum Gasteiger partial charge on any atom is 0.223 e. The molecule has 0 saturated carbocycles. The number of fused-ring (bicyclic) bond motifs is 1. The number of rotatable bonds is 2. The van der Waals surface area contributed by atoms with Crippen molar-refractivity contribution in [3.05, 3.63) is 53.9 Å². The number of aryl methyl sites for hydroxylation is 1. The van der Waals surface area contributed by atoms with Gasteiger partial charge in [0.1, 0.15) is 0 Å². The molecule has 19 heavy (non-hydrogen) atoms. The molecule has 0 saturated heterocycles. The third-order valence-corrected chi connectivity index (χ3v) is 3.92. The maximum absolute atomic E-state index is 4.29. The summed E-state index contributed by atoms with van der Waals surface area (Å²) in [4.78, 5) is 8.58. The predicted molar refractivity (Wildman–Crippen MR) is 76.9 cm³/mol. The van der Waals surface area contributed by atoms with Crippen LogP contribution in [0.1, 0.15) is 36.9 Å². The van der Waals surface area contributed by atoms with Crippen molar-refractivity contribution in [1.82, 2.24) is 9.97 Å². The summed E-state index contributed by atoms with van der Waals surface area (Å²) in [5.41, 5.74) is 2.86. The van der Waals surface area contributed by atoms with Crippen molar-refractivity contribution in [2.24, 2.45) is 5.92 Å². The molecule has 0 unspecified atom stereocenters. The predicted octanol–water partition coefficient (Wildman–Crippen LogP) is 3.60. The first-order valence-corrected chi connectivity index (χ1v) is 6.96. The molecule has 0 spiro atoms. The van der Waals surface area contributed by atoms with Crippen molar-refractivity contribution < 1.29 is 0 Å². The zero-order chi connectivity index (χ0) is 13.1. The van der Waals surface area contributed by atoms with Gasteiger partial charge in [0.05, 0.1) is 6.04 Å². The molecule has 3 nitrogen and oxygen atoms in total. The van der Waals surface area contributed by atoms with Crippen molar-refractivity contribution in [1.29, 1.82) is 0 Å². The maximum atomic E-state index is 4.29. The van der Waals surface area contributed by atoms with Gasteiger partial charge in [-0.3, -0.25) is 0 Å². The van der Waals surface area contributed by atoms with E-state index in [9.17, 15) is 0 Å². The van der Waals surface area contributed by atoms with E-state index in [2.05, 4.69) is 46.5 Å². The van der Waals surface area contributed by atoms with Gasteiger partial charge < -0.3 is 5.32 Å². The lowest BCUT2D eigenvalue weighted by Gasteiger charge is -2.24. The van der Waals surface area contributed by atoms with E-state index in [0.29, 0.717) is 12.0 Å². The van der Waals surface area contributed by atoms with Gasteiger partial charge in [0.15, 0.2) is 0 Å². The number of aromatic nitrogens is 2. The molecule has 0 bridgehead atoms. The van der Waals surface area contributed by atoms with Gasteiger partial charge in [0.2, 0.25) is 5.95 Å². The van der Waals surface area contributed by atoms with Gasteiger partial charge in [-0.1, -0.05) is 31.2 Å². The lowest BCUT2D eigenvalue weighted by Crippen LogP contribution is -2.19. The van der Waals surface area contributed by atoms with E-state index in [0.717, 1.165) is 5.95 Å². The largest absolute Gasteiger partial charge is 0.347 e. The molecule has 0 fully saturated rings. The van der Waals surface area contributed by atoms with E-state index in [1.54, 1.807) is 12.4 Å². The van der Waals surface area contributed by atoms with E-state index in [-0.39, 0.29) is 0 Å². The molecule has 1 heterocycles. The highest BCUT2D eigenvalue weighted by molar-refractivity contribution is 5.38. The normalized spacial score (nSPS) is 22.4. The average Bonchev–Trinajstić information content (AvgIpc) is 2.61. The lowest BCUT2D eigenvalue weighted by molar-refractivity contribution is 0.461. The molecule has 1 aromatic carbocycles. The summed E-state index contributed by atoms with van der Waals surface area (Å²) in [6.45, 7) is 2.31. The molecule has 1 aliphatic rings. The Morgan fingerprint density at radius 2 is 1.89 bits per heavy atom. The van der Waals surface area contributed by atoms with Gasteiger partial charge in [-0.15, -0.1) is 0 Å². The molecular formula is C16H19N3. The van der Waals surface area contributed by atoms with Gasteiger partial charge in [-0.2, -0.15) is 0 Å². The number of hydrogen-bond acceptors (Lipinski definition) is 3. The molecule has 0 aliphatic heterocycles. The Labute approximate surface area is 114 Å². The summed E-state index contributed by atoms with van der Waals surface area (Å²) in [6.07, 6.45) is 7.23. The van der Waals surface area contributed by atoms with Crippen LogP contribution < -0.4 is 5.32 Å². The van der Waals surface area contributed by atoms with Crippen LogP contribution in [-0.2, 0) is 6.42 Å². The second-order valence-electron chi connectivity index (χ2n) is 5.26. The van der Waals surface area contributed by atoms with Crippen LogP contribution in [0.25, 0.3) is 0 Å². The quantitative estimate of drug-likeness (QED) is 0.831. The first-order chi connectivity index (χ1) is 9.34. The standard InChI is InChI=1S/C16H19N3/c1-12-6-4-8-13-7-2-3-9-14(13)15(12)19-16-17-10-5-11-18-16/h2-3,5,7,9-12,15H,4,6,8H2,1H3,(H,17,18,19)/t12-,15+/m1/s1. The molecule has 2 aromatic rings. The first kappa shape index (κ1) is 12.2. The molecule has 0 radical (unpaired) electrons. The Hall–Kier alpha value is -1.90. The van der Waals surface area contributed by atoms with E-state index in [1.807, 2.05) is 6.07 Å². The lowest BCUT2D eigenvalue weighted by atomic mass is 9.92. The second kappa shape index (κ2) is 5.39. The minimum absolute atomic E-state index is 0.307. The molecule has 1 aliphatic carbocycles. The van der Waals surface area contributed by atoms with Crippen molar-refractivity contribution in [3.63, 3.8) is 0 Å². The Kier molecular flexibility index (Phi) is 3.45. The zero-order valence-corrected chi connectivity index (χ0v) is 11.2. The third kappa shape index (κ3) is 2.60. The first-order valence-electron chi connectivity index (χ1n) is 6.96. The SMILES string of the molecule is C[C@@H]1CCCc2ccccc2[C@H]1Nc1ncccn1. The van der Waals surface area contributed by atoms with Crippen LogP contribution in [0, 0.1) is 5.92 Å². The molecule has 3 rings (SSSR count). The van der Waals surface area contributed by atoms with Gasteiger partial charge in [-0.05, 0) is 42.4 Å². The van der Waals surface area contributed by atoms with E-state index < -0.39 is 0 Å². The smallest absolute Gasteiger partial charge is 0.223 e. The average molecular weight is 253 g/mol. The summed E-state index contributed by atoms with van der Waals surface area (Å²) in [6, 6.07) is 10.9. The van der Waals surface area contributed by atoms with Crippen molar-refractivity contribution in [3.8, 4) is 0 Å². The number of anilines is 1. The Morgan fingerprint density at radius 3 is 2.74 bits per heavy atom. The van der Waals surface area contributed by atoms with Crippen LogP contribution in [0.15, 0.2) is 42.7 Å². The van der Waals surface area contributed by atoms with Crippen LogP contribution in [0.3, 0.4) is 0 Å². The molecule has 1 N–H and O–H groups in total. The third-order valence-electron chi connectivity index (χ3n) is 3.92. The molecule has 2 atom stereocenters. The van der Waals surface area contributed by atoms with Crippen LogP contribution in [0.2, 0.25) is 0 Å². The van der Waals surface area contributed by atoms with Crippen LogP contribution in [0.5, 0.6) is 0 Å². The molecule has 1 aromatic heterocycles. The number of nitrogens with one attached hydrogen (secondary N) is 1. The molecular weight excluding hydrogens is 234 g/mol. The molecule has 3 heteroatoms. The highest BCUT2D eigenvalue weighted by Crippen LogP contribution is 2.34. The van der Waals surface area contributed by atoms with Crippen molar-refractivity contribution in [2.45, 2.75) is 32.2 Å². The summed E-state index contributed by atoms with van der Waals surface area (Å²) >= 11 is 0. The van der Waals surface area contributed by atoms with Crippen LogP contribution >= 0.6 is 0 Å². The number of hydrogen-bond donors (Lipinski definition) is 1. The summed E-state index contributed by atoms with van der Waals surface area (Å²) < 4.78 is 0. The fourth-order valence-electron chi connectivity index (χ4n) is 2.89. The highest BCUT2D eigenvalue weighted by Gasteiger charge is 2.24. The van der Waals surface area contributed by atoms with Gasteiger partial charge >= 0.3 is 0 Å². The Bertz CT molecular complexity index is 539. The second-order valence-corrected chi connectivity index (χ2v) is 5.26. The van der Waals surface area contributed by atoms with E-state index in [1.165, 1.54) is 30.4 Å². The number of nitrogens with zero attached hydrogens (tertiary/aromatic N) is 2. The van der Waals surface area contributed by atoms with Crippen LogP contribution in [0.4, 0.5) is 5.95 Å². The Morgan fingerprint density at radius 1 is 1.11 bits per heavy atom. The summed E-state index contributed by atoms with van der Waals surface area (Å²) in [5, 5.41) is 3.50. The highest BCUT2D eigenvalue weighted by atomic mass is 15.1. The molecule has 98 valence electrons. The van der Waals surface area contributed by atoms with E-state index in [4.69, 9.17) is 0 Å². The molecule has 0 amide bonds. The topological polar surface area (TPSA) is 37.8 Å². The van der Waals surface area contributed by atoms with Gasteiger partial charge in [0.25, 0.3) is 0 Å². The minimum Gasteiger partial charge on any atom is -0.347 e. The number of benzene rings is 1. The van der Waals surface area contributed by atoms with Gasteiger partial charge in [0, 0.05) is 12.4 Å². The van der Waals surface area contributed by atoms with Crippen molar-refractivity contribution >= 4 is 5.95 Å². The van der Waals surface area contributed by atoms with Crippen LogP contribution in [-0.4, -0.2) is 9.97 Å². The fourth-order valence-corrected chi connectivity index (χ4v) is 2.89. The van der Waals surface area contributed by atoms with E-state index >= 15 is 0 Å². The zero-order valence-electron chi connectivity index (χ0n) is 11.2.